The molecule has 1 aromatic heterocycles. The Morgan fingerprint density at radius 3 is 2.75 bits per heavy atom. The van der Waals surface area contributed by atoms with Crippen molar-refractivity contribution >= 4 is 29.2 Å². The Labute approximate surface area is 167 Å². The van der Waals surface area contributed by atoms with Crippen LogP contribution in [-0.4, -0.2) is 58.1 Å². The third kappa shape index (κ3) is 4.24. The molecule has 28 heavy (non-hydrogen) atoms. The van der Waals surface area contributed by atoms with Crippen LogP contribution in [0.1, 0.15) is 18.7 Å². The molecule has 0 radical (unpaired) electrons. The van der Waals surface area contributed by atoms with Crippen LogP contribution in [0, 0.1) is 12.7 Å². The third-order valence-electron chi connectivity index (χ3n) is 4.93. The first-order chi connectivity index (χ1) is 13.6. The van der Waals surface area contributed by atoms with Crippen molar-refractivity contribution in [1.82, 2.24) is 14.8 Å². The topological polar surface area (TPSA) is 63.5 Å². The summed E-state index contributed by atoms with van der Waals surface area (Å²) in [7, 11) is 0. The quantitative estimate of drug-likeness (QED) is 0.779. The van der Waals surface area contributed by atoms with Crippen molar-refractivity contribution < 1.29 is 13.9 Å². The Bertz CT molecular complexity index is 837. The lowest BCUT2D eigenvalue weighted by atomic mass is 10.2. The minimum absolute atomic E-state index is 0.297. The zero-order valence-corrected chi connectivity index (χ0v) is 16.7. The van der Waals surface area contributed by atoms with Gasteiger partial charge in [-0.15, -0.1) is 0 Å². The molecule has 7 nitrogen and oxygen atoms in total. The normalized spacial score (nSPS) is 20.8. The van der Waals surface area contributed by atoms with Gasteiger partial charge >= 0.3 is 6.09 Å². The van der Waals surface area contributed by atoms with Crippen LogP contribution in [0.2, 0.25) is 0 Å². The van der Waals surface area contributed by atoms with Crippen molar-refractivity contribution in [2.24, 2.45) is 0 Å². The van der Waals surface area contributed by atoms with Crippen LogP contribution in [0.15, 0.2) is 24.5 Å². The lowest BCUT2D eigenvalue weighted by Gasteiger charge is -2.27. The number of aryl methyl sites for hydroxylation is 1. The molecule has 0 spiro atoms. The fraction of sp³-hybridized carbons (Fsp3) is 0.526. The summed E-state index contributed by atoms with van der Waals surface area (Å²) >= 11 is 1.96. The fourth-order valence-electron chi connectivity index (χ4n) is 3.60. The van der Waals surface area contributed by atoms with E-state index in [0.29, 0.717) is 30.3 Å². The summed E-state index contributed by atoms with van der Waals surface area (Å²) in [6, 6.07) is 5.02. The van der Waals surface area contributed by atoms with E-state index in [-0.39, 0.29) is 11.9 Å². The van der Waals surface area contributed by atoms with Crippen LogP contribution in [0.3, 0.4) is 0 Å². The van der Waals surface area contributed by atoms with E-state index in [1.54, 1.807) is 30.1 Å². The molecule has 0 saturated carbocycles. The van der Waals surface area contributed by atoms with E-state index >= 15 is 0 Å². The molecule has 0 N–H and O–H groups in total. The van der Waals surface area contributed by atoms with Crippen molar-refractivity contribution in [3.63, 3.8) is 0 Å². The molecule has 2 saturated heterocycles. The molecule has 0 bridgehead atoms. The summed E-state index contributed by atoms with van der Waals surface area (Å²) in [5, 5.41) is 4.22. The van der Waals surface area contributed by atoms with E-state index in [0.717, 1.165) is 37.4 Å². The van der Waals surface area contributed by atoms with Crippen LogP contribution in [0.5, 0.6) is 0 Å². The summed E-state index contributed by atoms with van der Waals surface area (Å²) in [6.45, 7) is 4.30. The van der Waals surface area contributed by atoms with Crippen LogP contribution >= 0.6 is 11.8 Å². The first-order valence-corrected chi connectivity index (χ1v) is 10.7. The Hall–Kier alpha value is -2.29. The molecule has 3 heterocycles. The Kier molecular flexibility index (Phi) is 5.70. The van der Waals surface area contributed by atoms with Crippen molar-refractivity contribution in [2.45, 2.75) is 32.4 Å². The highest BCUT2D eigenvalue weighted by Crippen LogP contribution is 2.29. The Morgan fingerprint density at radius 1 is 1.29 bits per heavy atom. The average Bonchev–Trinajstić information content (AvgIpc) is 3.21. The van der Waals surface area contributed by atoms with E-state index < -0.39 is 6.09 Å². The largest absolute Gasteiger partial charge is 0.442 e. The number of rotatable bonds is 4. The van der Waals surface area contributed by atoms with Crippen LogP contribution in [-0.2, 0) is 11.3 Å². The maximum Gasteiger partial charge on any atom is 0.414 e. The SMILES string of the molecule is Cc1ncn(C[C@H]2CN(c3ccc(N4CCCSCCC4)c(F)c3)C(=O)O2)n1. The van der Waals surface area contributed by atoms with E-state index in [1.165, 1.54) is 11.0 Å². The Morgan fingerprint density at radius 2 is 2.07 bits per heavy atom. The molecule has 9 heteroatoms. The molecule has 0 unspecified atom stereocenters. The number of carbonyl (C=O) groups is 1. The number of carbonyl (C=O) groups excluding carboxylic acids is 1. The van der Waals surface area contributed by atoms with Gasteiger partial charge in [-0.25, -0.2) is 18.9 Å². The van der Waals surface area contributed by atoms with Crippen LogP contribution < -0.4 is 9.80 Å². The van der Waals surface area contributed by atoms with Crippen molar-refractivity contribution in [1.29, 1.82) is 0 Å². The first kappa shape index (κ1) is 19.0. The molecule has 1 aromatic carbocycles. The van der Waals surface area contributed by atoms with Gasteiger partial charge in [-0.1, -0.05) is 0 Å². The van der Waals surface area contributed by atoms with Crippen LogP contribution in [0.4, 0.5) is 20.6 Å². The maximum absolute atomic E-state index is 14.8. The number of cyclic esters (lactones) is 1. The minimum atomic E-state index is -0.461. The predicted octanol–water partition coefficient (Wildman–Crippen LogP) is 3.08. The van der Waals surface area contributed by atoms with E-state index in [4.69, 9.17) is 4.74 Å². The number of halogens is 1. The third-order valence-corrected chi connectivity index (χ3v) is 6.09. The number of ether oxygens (including phenoxy) is 1. The standard InChI is InChI=1S/C19H24FN5O2S/c1-14-21-13-24(22-14)11-16-12-25(19(26)27-16)15-4-5-18(17(20)10-15)23-6-2-8-28-9-3-7-23/h4-5,10,13,16H,2-3,6-9,11-12H2,1H3/t16-/m0/s1. The molecule has 2 fully saturated rings. The van der Waals surface area contributed by atoms with Gasteiger partial charge in [0.25, 0.3) is 0 Å². The molecule has 0 aliphatic carbocycles. The van der Waals surface area contributed by atoms with Gasteiger partial charge < -0.3 is 9.64 Å². The van der Waals surface area contributed by atoms with Crippen molar-refractivity contribution in [3.8, 4) is 0 Å². The number of hydrogen-bond donors (Lipinski definition) is 0. The summed E-state index contributed by atoms with van der Waals surface area (Å²) in [6.07, 6.45) is 2.91. The molecule has 1 atom stereocenters. The molecule has 1 amide bonds. The number of benzene rings is 1. The second-order valence-corrected chi connectivity index (χ2v) is 8.30. The lowest BCUT2D eigenvalue weighted by molar-refractivity contribution is 0.129. The van der Waals surface area contributed by atoms with E-state index in [2.05, 4.69) is 15.0 Å². The van der Waals surface area contributed by atoms with Gasteiger partial charge in [0.05, 0.1) is 24.5 Å². The van der Waals surface area contributed by atoms with Crippen molar-refractivity contribution in [3.05, 3.63) is 36.2 Å². The number of amides is 1. The van der Waals surface area contributed by atoms with Crippen molar-refractivity contribution in [2.75, 3.05) is 40.9 Å². The zero-order chi connectivity index (χ0) is 19.5. The first-order valence-electron chi connectivity index (χ1n) is 9.56. The highest BCUT2D eigenvalue weighted by atomic mass is 32.2. The second-order valence-electron chi connectivity index (χ2n) is 7.07. The van der Waals surface area contributed by atoms with Gasteiger partial charge in [0.1, 0.15) is 24.1 Å². The summed E-state index contributed by atoms with van der Waals surface area (Å²) in [5.74, 6) is 2.60. The number of thioether (sulfide) groups is 1. The Balaban J connectivity index is 1.45. The summed E-state index contributed by atoms with van der Waals surface area (Å²) in [4.78, 5) is 19.9. The van der Waals surface area contributed by atoms with Gasteiger partial charge in [0.2, 0.25) is 0 Å². The van der Waals surface area contributed by atoms with Gasteiger partial charge in [-0.2, -0.15) is 16.9 Å². The molecular weight excluding hydrogens is 381 g/mol. The number of anilines is 2. The van der Waals surface area contributed by atoms with E-state index in [1.807, 2.05) is 11.8 Å². The zero-order valence-electron chi connectivity index (χ0n) is 15.9. The molecule has 2 aliphatic heterocycles. The lowest BCUT2D eigenvalue weighted by Crippen LogP contribution is -2.29. The monoisotopic (exact) mass is 405 g/mol. The van der Waals surface area contributed by atoms with Gasteiger partial charge in [0, 0.05) is 13.1 Å². The highest BCUT2D eigenvalue weighted by Gasteiger charge is 2.33. The summed E-state index contributed by atoms with van der Waals surface area (Å²) in [5.41, 5.74) is 1.13. The average molecular weight is 405 g/mol. The molecule has 4 rings (SSSR count). The number of hydrogen-bond acceptors (Lipinski definition) is 6. The predicted molar refractivity (Wildman–Crippen MR) is 108 cm³/mol. The van der Waals surface area contributed by atoms with Gasteiger partial charge in [-0.05, 0) is 49.5 Å². The molecule has 150 valence electrons. The smallest absolute Gasteiger partial charge is 0.414 e. The van der Waals surface area contributed by atoms with Gasteiger partial charge in [0.15, 0.2) is 0 Å². The van der Waals surface area contributed by atoms with E-state index in [9.17, 15) is 9.18 Å². The molecular formula is C19H24FN5O2S. The molecule has 2 aromatic rings. The minimum Gasteiger partial charge on any atom is -0.442 e. The second kappa shape index (κ2) is 8.38. The number of nitrogens with zero attached hydrogens (tertiary/aromatic N) is 5. The van der Waals surface area contributed by atoms with Gasteiger partial charge in [-0.3, -0.25) is 4.90 Å². The summed E-state index contributed by atoms with van der Waals surface area (Å²) < 4.78 is 21.9. The highest BCUT2D eigenvalue weighted by molar-refractivity contribution is 7.99. The maximum atomic E-state index is 14.8. The number of aromatic nitrogens is 3. The van der Waals surface area contributed by atoms with Crippen LogP contribution in [0.25, 0.3) is 0 Å². The molecule has 2 aliphatic rings. The fourth-order valence-corrected chi connectivity index (χ4v) is 4.47.